The number of hydrogen-bond acceptors (Lipinski definition) is 2. The van der Waals surface area contributed by atoms with Crippen LogP contribution in [0.1, 0.15) is 51.2 Å². The van der Waals surface area contributed by atoms with E-state index < -0.39 is 0 Å². The highest BCUT2D eigenvalue weighted by atomic mass is 16.2. The Morgan fingerprint density at radius 2 is 2.00 bits per heavy atom. The van der Waals surface area contributed by atoms with Crippen LogP contribution in [0.25, 0.3) is 0 Å². The fourth-order valence-corrected chi connectivity index (χ4v) is 4.46. The third-order valence-corrected chi connectivity index (χ3v) is 6.19. The molecule has 0 aromatic heterocycles. The van der Waals surface area contributed by atoms with Gasteiger partial charge in [0.2, 0.25) is 5.91 Å². The molecule has 3 nitrogen and oxygen atoms in total. The molecule has 1 aromatic rings. The molecule has 1 N–H and O–H groups in total. The van der Waals surface area contributed by atoms with Gasteiger partial charge >= 0.3 is 0 Å². The topological polar surface area (TPSA) is 32.3 Å². The molecule has 3 heteroatoms. The first-order chi connectivity index (χ1) is 10.9. The molecular formula is C20H28N2O. The molecule has 2 heterocycles. The van der Waals surface area contributed by atoms with Crippen molar-refractivity contribution >= 4 is 11.6 Å². The number of benzene rings is 1. The summed E-state index contributed by atoms with van der Waals surface area (Å²) >= 11 is 0. The van der Waals surface area contributed by atoms with Gasteiger partial charge < -0.3 is 10.2 Å². The van der Waals surface area contributed by atoms with E-state index in [2.05, 4.69) is 49.2 Å². The zero-order chi connectivity index (χ0) is 16.2. The zero-order valence-corrected chi connectivity index (χ0v) is 14.6. The van der Waals surface area contributed by atoms with Gasteiger partial charge in [-0.3, -0.25) is 4.79 Å². The molecule has 1 saturated carbocycles. The van der Waals surface area contributed by atoms with E-state index in [1.165, 1.54) is 29.7 Å². The lowest BCUT2D eigenvalue weighted by Gasteiger charge is -2.25. The van der Waals surface area contributed by atoms with Crippen molar-refractivity contribution in [2.24, 2.45) is 11.3 Å². The molecule has 0 radical (unpaired) electrons. The number of carbonyl (C=O) groups excluding carboxylic acids is 1. The molecule has 1 saturated heterocycles. The van der Waals surface area contributed by atoms with Crippen LogP contribution in [-0.2, 0) is 16.6 Å². The Hall–Kier alpha value is -1.35. The van der Waals surface area contributed by atoms with Gasteiger partial charge in [0.1, 0.15) is 0 Å². The predicted molar refractivity (Wildman–Crippen MR) is 93.8 cm³/mol. The van der Waals surface area contributed by atoms with E-state index in [-0.39, 0.29) is 11.3 Å². The highest BCUT2D eigenvalue weighted by Gasteiger charge is 2.59. The lowest BCUT2D eigenvalue weighted by atomic mass is 9.86. The molecule has 2 fully saturated rings. The minimum absolute atomic E-state index is 0.169. The molecule has 3 aliphatic rings. The zero-order valence-electron chi connectivity index (χ0n) is 14.6. The maximum atomic E-state index is 13.0. The van der Waals surface area contributed by atoms with Crippen LogP contribution in [-0.4, -0.2) is 25.5 Å². The van der Waals surface area contributed by atoms with Gasteiger partial charge in [0.25, 0.3) is 0 Å². The number of hydrogen-bond donors (Lipinski definition) is 1. The molecule has 1 aromatic carbocycles. The molecule has 124 valence electrons. The van der Waals surface area contributed by atoms with Gasteiger partial charge in [0.15, 0.2) is 0 Å². The molecule has 1 spiro atoms. The Morgan fingerprint density at radius 3 is 2.70 bits per heavy atom. The highest BCUT2D eigenvalue weighted by molar-refractivity contribution is 5.99. The summed E-state index contributed by atoms with van der Waals surface area (Å²) in [5, 5.41) is 3.42. The van der Waals surface area contributed by atoms with E-state index in [0.717, 1.165) is 32.5 Å². The normalized spacial score (nSPS) is 25.5. The van der Waals surface area contributed by atoms with Crippen molar-refractivity contribution in [2.45, 2.75) is 51.9 Å². The number of piperidine rings is 1. The molecule has 1 unspecified atom stereocenters. The third kappa shape index (κ3) is 2.50. The number of rotatable bonds is 1. The van der Waals surface area contributed by atoms with E-state index in [0.29, 0.717) is 11.3 Å². The van der Waals surface area contributed by atoms with Crippen molar-refractivity contribution in [1.29, 1.82) is 0 Å². The summed E-state index contributed by atoms with van der Waals surface area (Å²) in [5.41, 5.74) is 4.38. The van der Waals surface area contributed by atoms with Gasteiger partial charge in [-0.25, -0.2) is 0 Å². The SMILES string of the molecule is CC(C)(C)c1ccc2c(c1)CCN2C(=O)C1CC12CCNCC2. The molecule has 2 aliphatic heterocycles. The van der Waals surface area contributed by atoms with Crippen molar-refractivity contribution < 1.29 is 4.79 Å². The van der Waals surface area contributed by atoms with Gasteiger partial charge in [-0.05, 0) is 66.8 Å². The maximum absolute atomic E-state index is 13.0. The Labute approximate surface area is 139 Å². The number of nitrogens with one attached hydrogen (secondary N) is 1. The van der Waals surface area contributed by atoms with Crippen LogP contribution in [0.5, 0.6) is 0 Å². The minimum atomic E-state index is 0.169. The fourth-order valence-electron chi connectivity index (χ4n) is 4.46. The largest absolute Gasteiger partial charge is 0.317 e. The lowest BCUT2D eigenvalue weighted by Crippen LogP contribution is -2.35. The van der Waals surface area contributed by atoms with Crippen LogP contribution < -0.4 is 10.2 Å². The summed E-state index contributed by atoms with van der Waals surface area (Å²) in [5.74, 6) is 0.659. The van der Waals surface area contributed by atoms with Crippen LogP contribution >= 0.6 is 0 Å². The van der Waals surface area contributed by atoms with E-state index in [1.54, 1.807) is 0 Å². The monoisotopic (exact) mass is 312 g/mol. The van der Waals surface area contributed by atoms with Gasteiger partial charge in [-0.15, -0.1) is 0 Å². The number of fused-ring (bicyclic) bond motifs is 1. The van der Waals surface area contributed by atoms with E-state index in [9.17, 15) is 4.79 Å². The summed E-state index contributed by atoms with van der Waals surface area (Å²) in [4.78, 5) is 15.1. The number of amides is 1. The summed E-state index contributed by atoms with van der Waals surface area (Å²) in [6.45, 7) is 9.77. The van der Waals surface area contributed by atoms with Gasteiger partial charge in [0.05, 0.1) is 0 Å². The van der Waals surface area contributed by atoms with Gasteiger partial charge in [0, 0.05) is 18.2 Å². The number of anilines is 1. The Morgan fingerprint density at radius 1 is 1.26 bits per heavy atom. The van der Waals surface area contributed by atoms with E-state index in [1.807, 2.05) is 0 Å². The number of nitrogens with zero attached hydrogens (tertiary/aromatic N) is 1. The van der Waals surface area contributed by atoms with Crippen LogP contribution in [0.4, 0.5) is 5.69 Å². The Bertz CT molecular complexity index is 638. The van der Waals surface area contributed by atoms with Crippen molar-refractivity contribution in [3.8, 4) is 0 Å². The summed E-state index contributed by atoms with van der Waals surface area (Å²) in [7, 11) is 0. The van der Waals surface area contributed by atoms with Crippen LogP contribution in [0.2, 0.25) is 0 Å². The first-order valence-corrected chi connectivity index (χ1v) is 9.06. The van der Waals surface area contributed by atoms with Gasteiger partial charge in [-0.2, -0.15) is 0 Å². The predicted octanol–water partition coefficient (Wildman–Crippen LogP) is 3.26. The standard InChI is InChI=1S/C20H28N2O/c1-19(2,3)15-4-5-17-14(12-15)6-11-22(17)18(23)16-13-20(16)7-9-21-10-8-20/h4-5,12,16,21H,6-11,13H2,1-3H3. The second-order valence-electron chi connectivity index (χ2n) is 8.70. The molecule has 4 rings (SSSR count). The number of carbonyl (C=O) groups is 1. The third-order valence-electron chi connectivity index (χ3n) is 6.19. The average Bonchev–Trinajstić information content (AvgIpc) is 3.04. The fraction of sp³-hybridized carbons (Fsp3) is 0.650. The minimum Gasteiger partial charge on any atom is -0.317 e. The molecule has 1 aliphatic carbocycles. The van der Waals surface area contributed by atoms with Crippen molar-refractivity contribution in [3.63, 3.8) is 0 Å². The highest BCUT2D eigenvalue weighted by Crippen LogP contribution is 2.59. The first kappa shape index (κ1) is 15.2. The average molecular weight is 312 g/mol. The van der Waals surface area contributed by atoms with Crippen molar-refractivity contribution in [1.82, 2.24) is 5.32 Å². The molecule has 23 heavy (non-hydrogen) atoms. The lowest BCUT2D eigenvalue weighted by molar-refractivity contribution is -0.120. The molecule has 0 bridgehead atoms. The summed E-state index contributed by atoms with van der Waals surface area (Å²) < 4.78 is 0. The van der Waals surface area contributed by atoms with Gasteiger partial charge in [-0.1, -0.05) is 32.9 Å². The smallest absolute Gasteiger partial charge is 0.230 e. The van der Waals surface area contributed by atoms with E-state index in [4.69, 9.17) is 0 Å². The Kier molecular flexibility index (Phi) is 3.35. The van der Waals surface area contributed by atoms with Crippen LogP contribution in [0, 0.1) is 11.3 Å². The summed E-state index contributed by atoms with van der Waals surface area (Å²) in [6.07, 6.45) is 4.46. The quantitative estimate of drug-likeness (QED) is 0.863. The van der Waals surface area contributed by atoms with Crippen molar-refractivity contribution in [3.05, 3.63) is 29.3 Å². The van der Waals surface area contributed by atoms with Crippen LogP contribution in [0.3, 0.4) is 0 Å². The Balaban J connectivity index is 1.54. The maximum Gasteiger partial charge on any atom is 0.230 e. The van der Waals surface area contributed by atoms with Crippen LogP contribution in [0.15, 0.2) is 18.2 Å². The summed E-state index contributed by atoms with van der Waals surface area (Å²) in [6, 6.07) is 6.70. The van der Waals surface area contributed by atoms with Crippen molar-refractivity contribution in [2.75, 3.05) is 24.5 Å². The van der Waals surface area contributed by atoms with E-state index >= 15 is 0 Å². The second-order valence-corrected chi connectivity index (χ2v) is 8.70. The molecule has 1 atom stereocenters. The first-order valence-electron chi connectivity index (χ1n) is 9.06. The molecule has 1 amide bonds. The molecular weight excluding hydrogens is 284 g/mol. The second kappa shape index (κ2) is 5.07.